The molecule has 126 valence electrons. The summed E-state index contributed by atoms with van der Waals surface area (Å²) in [5.74, 6) is -1.30. The Morgan fingerprint density at radius 2 is 1.96 bits per heavy atom. The predicted octanol–water partition coefficient (Wildman–Crippen LogP) is 1.96. The summed E-state index contributed by atoms with van der Waals surface area (Å²) in [6, 6.07) is 9.80. The molecule has 0 radical (unpaired) electrons. The van der Waals surface area contributed by atoms with Gasteiger partial charge in [0.1, 0.15) is 0 Å². The monoisotopic (exact) mass is 327 g/mol. The first-order chi connectivity index (χ1) is 11.5. The van der Waals surface area contributed by atoms with Crippen molar-refractivity contribution in [2.45, 2.75) is 26.7 Å². The molecule has 1 unspecified atom stereocenters. The van der Waals surface area contributed by atoms with Crippen molar-refractivity contribution in [3.05, 3.63) is 47.3 Å². The van der Waals surface area contributed by atoms with Crippen molar-refractivity contribution < 1.29 is 14.7 Å². The highest BCUT2D eigenvalue weighted by Gasteiger charge is 2.31. The minimum atomic E-state index is -0.824. The summed E-state index contributed by atoms with van der Waals surface area (Å²) in [6.07, 6.45) is 0.791. The van der Waals surface area contributed by atoms with Gasteiger partial charge >= 0.3 is 5.97 Å². The normalized spacial score (nSPS) is 17.2. The number of aliphatic carboxylic acids is 1. The van der Waals surface area contributed by atoms with Gasteiger partial charge in [0, 0.05) is 24.3 Å². The van der Waals surface area contributed by atoms with E-state index in [4.69, 9.17) is 5.11 Å². The molecule has 6 nitrogen and oxygen atoms in total. The van der Waals surface area contributed by atoms with Gasteiger partial charge in [-0.05, 0) is 32.4 Å². The summed E-state index contributed by atoms with van der Waals surface area (Å²) in [5, 5.41) is 13.6. The van der Waals surface area contributed by atoms with Crippen LogP contribution in [0.15, 0.2) is 30.3 Å². The van der Waals surface area contributed by atoms with Gasteiger partial charge in [0.25, 0.3) is 0 Å². The Morgan fingerprint density at radius 3 is 2.58 bits per heavy atom. The van der Waals surface area contributed by atoms with E-state index in [2.05, 4.69) is 5.10 Å². The molecule has 3 rings (SSSR count). The van der Waals surface area contributed by atoms with Crippen LogP contribution in [0.25, 0.3) is 5.69 Å². The lowest BCUT2D eigenvalue weighted by molar-refractivity contribution is -0.141. The summed E-state index contributed by atoms with van der Waals surface area (Å²) < 4.78 is 1.85. The summed E-state index contributed by atoms with van der Waals surface area (Å²) in [5.41, 5.74) is 3.66. The Labute approximate surface area is 140 Å². The SMILES string of the molecule is Cc1nn(-c2ccccc2)c(C)c1CC(=O)N1CCC(C(=O)O)C1. The molecule has 1 aliphatic heterocycles. The number of nitrogens with zero attached hydrogens (tertiary/aromatic N) is 3. The first kappa shape index (κ1) is 16.2. The van der Waals surface area contributed by atoms with Crippen LogP contribution >= 0.6 is 0 Å². The van der Waals surface area contributed by atoms with Crippen LogP contribution in [0.4, 0.5) is 0 Å². The maximum absolute atomic E-state index is 12.5. The molecule has 1 N–H and O–H groups in total. The molecular formula is C18H21N3O3. The number of para-hydroxylation sites is 1. The van der Waals surface area contributed by atoms with E-state index >= 15 is 0 Å². The number of benzene rings is 1. The number of hydrogen-bond acceptors (Lipinski definition) is 3. The molecule has 1 aromatic carbocycles. The molecule has 2 heterocycles. The molecular weight excluding hydrogens is 306 g/mol. The molecule has 0 bridgehead atoms. The van der Waals surface area contributed by atoms with Gasteiger partial charge in [0.15, 0.2) is 0 Å². The highest BCUT2D eigenvalue weighted by atomic mass is 16.4. The van der Waals surface area contributed by atoms with Gasteiger partial charge in [0.05, 0.1) is 23.7 Å². The summed E-state index contributed by atoms with van der Waals surface area (Å²) in [6.45, 7) is 4.68. The molecule has 1 fully saturated rings. The first-order valence-electron chi connectivity index (χ1n) is 8.08. The van der Waals surface area contributed by atoms with E-state index < -0.39 is 11.9 Å². The van der Waals surface area contributed by atoms with Crippen molar-refractivity contribution in [3.63, 3.8) is 0 Å². The Kier molecular flexibility index (Phi) is 4.38. The fourth-order valence-electron chi connectivity index (χ4n) is 3.20. The topological polar surface area (TPSA) is 75.4 Å². The second kappa shape index (κ2) is 6.47. The van der Waals surface area contributed by atoms with Gasteiger partial charge in [-0.15, -0.1) is 0 Å². The van der Waals surface area contributed by atoms with E-state index in [1.807, 2.05) is 48.9 Å². The fraction of sp³-hybridized carbons (Fsp3) is 0.389. The molecule has 1 amide bonds. The van der Waals surface area contributed by atoms with Gasteiger partial charge in [0.2, 0.25) is 5.91 Å². The quantitative estimate of drug-likeness (QED) is 0.931. The summed E-state index contributed by atoms with van der Waals surface area (Å²) in [4.78, 5) is 25.2. The summed E-state index contributed by atoms with van der Waals surface area (Å²) >= 11 is 0. The Balaban J connectivity index is 1.78. The standard InChI is InChI=1S/C18H21N3O3/c1-12-16(10-17(22)20-9-8-14(11-20)18(23)24)13(2)21(19-12)15-6-4-3-5-7-15/h3-7,14H,8-11H2,1-2H3,(H,23,24). The smallest absolute Gasteiger partial charge is 0.308 e. The maximum Gasteiger partial charge on any atom is 0.308 e. The van der Waals surface area contributed by atoms with Gasteiger partial charge in [-0.1, -0.05) is 18.2 Å². The molecule has 0 aliphatic carbocycles. The molecule has 1 aromatic heterocycles. The van der Waals surface area contributed by atoms with E-state index in [-0.39, 0.29) is 12.3 Å². The number of carboxylic acid groups (broad SMARTS) is 1. The zero-order valence-electron chi connectivity index (χ0n) is 13.9. The van der Waals surface area contributed by atoms with Crippen LogP contribution in [0.1, 0.15) is 23.4 Å². The van der Waals surface area contributed by atoms with Crippen molar-refractivity contribution in [1.82, 2.24) is 14.7 Å². The third-order valence-corrected chi connectivity index (χ3v) is 4.66. The number of rotatable bonds is 4. The van der Waals surface area contributed by atoms with Crippen LogP contribution in [0.2, 0.25) is 0 Å². The van der Waals surface area contributed by atoms with Crippen molar-refractivity contribution in [2.24, 2.45) is 5.92 Å². The third kappa shape index (κ3) is 3.04. The molecule has 0 saturated carbocycles. The Hall–Kier alpha value is -2.63. The number of amides is 1. The van der Waals surface area contributed by atoms with Gasteiger partial charge in [-0.2, -0.15) is 5.10 Å². The van der Waals surface area contributed by atoms with Crippen LogP contribution in [-0.2, 0) is 16.0 Å². The van der Waals surface area contributed by atoms with Crippen molar-refractivity contribution in [1.29, 1.82) is 0 Å². The van der Waals surface area contributed by atoms with E-state index in [1.165, 1.54) is 0 Å². The largest absolute Gasteiger partial charge is 0.481 e. The highest BCUT2D eigenvalue weighted by molar-refractivity contribution is 5.81. The number of carboxylic acids is 1. The minimum Gasteiger partial charge on any atom is -0.481 e. The average Bonchev–Trinajstić information content (AvgIpc) is 3.16. The number of aromatic nitrogens is 2. The lowest BCUT2D eigenvalue weighted by atomic mass is 10.1. The van der Waals surface area contributed by atoms with E-state index in [0.29, 0.717) is 19.5 Å². The van der Waals surface area contributed by atoms with Crippen LogP contribution in [0.3, 0.4) is 0 Å². The molecule has 1 saturated heterocycles. The van der Waals surface area contributed by atoms with Gasteiger partial charge in [-0.3, -0.25) is 9.59 Å². The zero-order chi connectivity index (χ0) is 17.3. The van der Waals surface area contributed by atoms with E-state index in [9.17, 15) is 9.59 Å². The van der Waals surface area contributed by atoms with Crippen LogP contribution < -0.4 is 0 Å². The number of hydrogen-bond donors (Lipinski definition) is 1. The number of carbonyl (C=O) groups is 2. The third-order valence-electron chi connectivity index (χ3n) is 4.66. The van der Waals surface area contributed by atoms with Crippen molar-refractivity contribution in [3.8, 4) is 5.69 Å². The Bertz CT molecular complexity index is 767. The molecule has 1 atom stereocenters. The minimum absolute atomic E-state index is 0.0300. The second-order valence-corrected chi connectivity index (χ2v) is 6.24. The fourth-order valence-corrected chi connectivity index (χ4v) is 3.20. The number of aryl methyl sites for hydroxylation is 1. The Morgan fingerprint density at radius 1 is 1.25 bits per heavy atom. The number of carbonyl (C=O) groups excluding carboxylic acids is 1. The molecule has 2 aromatic rings. The molecule has 6 heteroatoms. The van der Waals surface area contributed by atoms with Gasteiger partial charge in [-0.25, -0.2) is 4.68 Å². The maximum atomic E-state index is 12.5. The van der Waals surface area contributed by atoms with Crippen LogP contribution in [0, 0.1) is 19.8 Å². The van der Waals surface area contributed by atoms with Crippen molar-refractivity contribution >= 4 is 11.9 Å². The van der Waals surface area contributed by atoms with Crippen LogP contribution in [0.5, 0.6) is 0 Å². The second-order valence-electron chi connectivity index (χ2n) is 6.24. The highest BCUT2D eigenvalue weighted by Crippen LogP contribution is 2.21. The van der Waals surface area contributed by atoms with E-state index in [0.717, 1.165) is 22.6 Å². The molecule has 0 spiro atoms. The predicted molar refractivity (Wildman–Crippen MR) is 89.1 cm³/mol. The van der Waals surface area contributed by atoms with Crippen molar-refractivity contribution in [2.75, 3.05) is 13.1 Å². The average molecular weight is 327 g/mol. The summed E-state index contributed by atoms with van der Waals surface area (Å²) in [7, 11) is 0. The van der Waals surface area contributed by atoms with E-state index in [1.54, 1.807) is 4.90 Å². The van der Waals surface area contributed by atoms with Gasteiger partial charge < -0.3 is 10.0 Å². The lowest BCUT2D eigenvalue weighted by Gasteiger charge is -2.16. The molecule has 24 heavy (non-hydrogen) atoms. The zero-order valence-corrected chi connectivity index (χ0v) is 13.9. The van der Waals surface area contributed by atoms with Crippen LogP contribution in [-0.4, -0.2) is 44.8 Å². The lowest BCUT2D eigenvalue weighted by Crippen LogP contribution is -2.31. The first-order valence-corrected chi connectivity index (χ1v) is 8.08. The number of likely N-dealkylation sites (tertiary alicyclic amines) is 1. The molecule has 1 aliphatic rings.